The predicted octanol–water partition coefficient (Wildman–Crippen LogP) is 2.91. The van der Waals surface area contributed by atoms with Gasteiger partial charge in [0.15, 0.2) is 0 Å². The maximum Gasteiger partial charge on any atom is 0.223 e. The van der Waals surface area contributed by atoms with E-state index in [2.05, 4.69) is 17.6 Å². The summed E-state index contributed by atoms with van der Waals surface area (Å²) in [6.07, 6.45) is 1.72. The summed E-state index contributed by atoms with van der Waals surface area (Å²) in [5.41, 5.74) is 0.807. The summed E-state index contributed by atoms with van der Waals surface area (Å²) >= 11 is 5.70. The Morgan fingerprint density at radius 1 is 1.55 bits per heavy atom. The van der Waals surface area contributed by atoms with Gasteiger partial charge in [0.25, 0.3) is 0 Å². The van der Waals surface area contributed by atoms with Crippen molar-refractivity contribution in [2.75, 3.05) is 6.54 Å². The summed E-state index contributed by atoms with van der Waals surface area (Å²) in [7, 11) is 0. The molecule has 1 saturated heterocycles. The Morgan fingerprint density at radius 2 is 2.30 bits per heavy atom. The number of rotatable bonds is 3. The molecule has 1 aliphatic rings. The number of hydrogen-bond donors (Lipinski definition) is 2. The second kappa shape index (κ2) is 7.81. The number of piperidine rings is 1. The Balaban J connectivity index is 0.00000200. The molecule has 20 heavy (non-hydrogen) atoms. The van der Waals surface area contributed by atoms with E-state index < -0.39 is 5.82 Å². The summed E-state index contributed by atoms with van der Waals surface area (Å²) in [6.45, 7) is 3.35. The molecule has 1 aromatic carbocycles. The van der Waals surface area contributed by atoms with E-state index in [1.54, 1.807) is 12.1 Å². The van der Waals surface area contributed by atoms with Gasteiger partial charge in [0.05, 0.1) is 5.02 Å². The lowest BCUT2D eigenvalue weighted by Crippen LogP contribution is -2.42. The third-order valence-corrected chi connectivity index (χ3v) is 3.73. The Labute approximate surface area is 129 Å². The molecule has 1 aromatic rings. The SMILES string of the molecule is C[C@H]1C[C@@H](C(=O)NCc2ccc(F)c(Cl)c2)CCN1.Cl. The molecule has 0 spiro atoms. The maximum absolute atomic E-state index is 13.0. The van der Waals surface area contributed by atoms with Crippen LogP contribution in [0.1, 0.15) is 25.3 Å². The highest BCUT2D eigenvalue weighted by atomic mass is 35.5. The first kappa shape index (κ1) is 17.2. The van der Waals surface area contributed by atoms with Gasteiger partial charge in [-0.15, -0.1) is 12.4 Å². The van der Waals surface area contributed by atoms with Crippen LogP contribution in [0.4, 0.5) is 4.39 Å². The molecule has 0 radical (unpaired) electrons. The van der Waals surface area contributed by atoms with Crippen LogP contribution in [-0.2, 0) is 11.3 Å². The van der Waals surface area contributed by atoms with Gasteiger partial charge in [-0.05, 0) is 44.0 Å². The fourth-order valence-corrected chi connectivity index (χ4v) is 2.56. The molecular weight excluding hydrogens is 302 g/mol. The van der Waals surface area contributed by atoms with Gasteiger partial charge in [-0.1, -0.05) is 17.7 Å². The average Bonchev–Trinajstić information content (AvgIpc) is 2.40. The van der Waals surface area contributed by atoms with E-state index in [4.69, 9.17) is 11.6 Å². The van der Waals surface area contributed by atoms with E-state index >= 15 is 0 Å². The van der Waals surface area contributed by atoms with Crippen LogP contribution in [0.5, 0.6) is 0 Å². The monoisotopic (exact) mass is 320 g/mol. The lowest BCUT2D eigenvalue weighted by Gasteiger charge is -2.27. The highest BCUT2D eigenvalue weighted by molar-refractivity contribution is 6.30. The summed E-state index contributed by atoms with van der Waals surface area (Å²) < 4.78 is 13.0. The molecule has 1 aliphatic heterocycles. The van der Waals surface area contributed by atoms with Gasteiger partial charge in [-0.2, -0.15) is 0 Å². The van der Waals surface area contributed by atoms with Crippen LogP contribution in [0.2, 0.25) is 5.02 Å². The molecule has 0 saturated carbocycles. The van der Waals surface area contributed by atoms with Crippen LogP contribution in [0.25, 0.3) is 0 Å². The van der Waals surface area contributed by atoms with E-state index in [9.17, 15) is 9.18 Å². The highest BCUT2D eigenvalue weighted by Gasteiger charge is 2.24. The van der Waals surface area contributed by atoms with Crippen molar-refractivity contribution in [3.05, 3.63) is 34.6 Å². The largest absolute Gasteiger partial charge is 0.352 e. The van der Waals surface area contributed by atoms with Gasteiger partial charge < -0.3 is 10.6 Å². The molecule has 3 nitrogen and oxygen atoms in total. The summed E-state index contributed by atoms with van der Waals surface area (Å²) in [5, 5.41) is 6.29. The first-order valence-corrected chi connectivity index (χ1v) is 6.89. The van der Waals surface area contributed by atoms with Crippen molar-refractivity contribution in [2.24, 2.45) is 5.92 Å². The maximum atomic E-state index is 13.0. The molecule has 0 bridgehead atoms. The van der Waals surface area contributed by atoms with Crippen molar-refractivity contribution < 1.29 is 9.18 Å². The first-order valence-electron chi connectivity index (χ1n) is 6.51. The number of carbonyl (C=O) groups excluding carboxylic acids is 1. The number of amides is 1. The van der Waals surface area contributed by atoms with E-state index in [1.807, 2.05) is 0 Å². The third kappa shape index (κ3) is 4.62. The zero-order valence-electron chi connectivity index (χ0n) is 11.3. The Morgan fingerprint density at radius 3 is 2.95 bits per heavy atom. The molecule has 2 N–H and O–H groups in total. The fraction of sp³-hybridized carbons (Fsp3) is 0.500. The van der Waals surface area contributed by atoms with Crippen LogP contribution < -0.4 is 10.6 Å². The Bertz CT molecular complexity index is 470. The standard InChI is InChI=1S/C14H18ClFN2O.ClH/c1-9-6-11(4-5-17-9)14(19)18-8-10-2-3-13(16)12(15)7-10;/h2-3,7,9,11,17H,4-6,8H2,1H3,(H,18,19);1H/t9-,11-;/m0./s1. The molecule has 1 heterocycles. The number of halogens is 3. The van der Waals surface area contributed by atoms with Crippen LogP contribution in [-0.4, -0.2) is 18.5 Å². The topological polar surface area (TPSA) is 41.1 Å². The van der Waals surface area contributed by atoms with Crippen LogP contribution in [0.3, 0.4) is 0 Å². The summed E-state index contributed by atoms with van der Waals surface area (Å²) in [6, 6.07) is 4.87. The van der Waals surface area contributed by atoms with Crippen molar-refractivity contribution in [3.8, 4) is 0 Å². The molecular formula is C14H19Cl2FN2O. The minimum absolute atomic E-state index is 0. The lowest BCUT2D eigenvalue weighted by molar-refractivity contribution is -0.126. The Hall–Kier alpha value is -0.840. The van der Waals surface area contributed by atoms with Gasteiger partial charge in [-0.25, -0.2) is 4.39 Å². The van der Waals surface area contributed by atoms with Crippen molar-refractivity contribution in [3.63, 3.8) is 0 Å². The van der Waals surface area contributed by atoms with E-state index in [1.165, 1.54) is 6.07 Å². The highest BCUT2D eigenvalue weighted by Crippen LogP contribution is 2.18. The van der Waals surface area contributed by atoms with Crippen molar-refractivity contribution >= 4 is 29.9 Å². The van der Waals surface area contributed by atoms with Crippen molar-refractivity contribution in [2.45, 2.75) is 32.4 Å². The molecule has 0 aliphatic carbocycles. The summed E-state index contributed by atoms with van der Waals surface area (Å²) in [5.74, 6) is -0.315. The van der Waals surface area contributed by atoms with Crippen molar-refractivity contribution in [1.29, 1.82) is 0 Å². The molecule has 6 heteroatoms. The second-order valence-corrected chi connectivity index (χ2v) is 5.45. The molecule has 0 unspecified atom stereocenters. The van der Waals surface area contributed by atoms with E-state index in [-0.39, 0.29) is 29.3 Å². The lowest BCUT2D eigenvalue weighted by atomic mass is 9.92. The molecule has 2 rings (SSSR count). The van der Waals surface area contributed by atoms with Crippen LogP contribution >= 0.6 is 24.0 Å². The average molecular weight is 321 g/mol. The number of carbonyl (C=O) groups is 1. The van der Waals surface area contributed by atoms with Crippen LogP contribution in [0, 0.1) is 11.7 Å². The summed E-state index contributed by atoms with van der Waals surface area (Å²) in [4.78, 5) is 12.0. The molecule has 112 valence electrons. The van der Waals surface area contributed by atoms with Gasteiger partial charge in [0.2, 0.25) is 5.91 Å². The number of hydrogen-bond acceptors (Lipinski definition) is 2. The third-order valence-electron chi connectivity index (χ3n) is 3.45. The van der Waals surface area contributed by atoms with E-state index in [0.717, 1.165) is 24.9 Å². The molecule has 0 aromatic heterocycles. The number of benzene rings is 1. The smallest absolute Gasteiger partial charge is 0.223 e. The van der Waals surface area contributed by atoms with E-state index in [0.29, 0.717) is 12.6 Å². The number of nitrogens with one attached hydrogen (secondary N) is 2. The van der Waals surface area contributed by atoms with Crippen LogP contribution in [0.15, 0.2) is 18.2 Å². The minimum Gasteiger partial charge on any atom is -0.352 e. The molecule has 1 fully saturated rings. The fourth-order valence-electron chi connectivity index (χ4n) is 2.35. The predicted molar refractivity (Wildman–Crippen MR) is 80.7 cm³/mol. The first-order chi connectivity index (χ1) is 9.06. The quantitative estimate of drug-likeness (QED) is 0.899. The Kier molecular flexibility index (Phi) is 6.72. The minimum atomic E-state index is -0.441. The van der Waals surface area contributed by atoms with Gasteiger partial charge in [0, 0.05) is 18.5 Å². The normalized spacial score (nSPS) is 21.9. The zero-order chi connectivity index (χ0) is 13.8. The second-order valence-electron chi connectivity index (χ2n) is 5.04. The molecule has 1 amide bonds. The van der Waals surface area contributed by atoms with Crippen molar-refractivity contribution in [1.82, 2.24) is 10.6 Å². The van der Waals surface area contributed by atoms with Gasteiger partial charge in [-0.3, -0.25) is 4.79 Å². The molecule has 2 atom stereocenters. The van der Waals surface area contributed by atoms with Gasteiger partial charge in [0.1, 0.15) is 5.82 Å². The zero-order valence-corrected chi connectivity index (χ0v) is 12.9. The van der Waals surface area contributed by atoms with Gasteiger partial charge >= 0.3 is 0 Å².